The summed E-state index contributed by atoms with van der Waals surface area (Å²) in [5.41, 5.74) is 7.43. The van der Waals surface area contributed by atoms with Gasteiger partial charge in [0.05, 0.1) is 17.1 Å². The Morgan fingerprint density at radius 1 is 0.794 bits per heavy atom. The molecule has 0 amide bonds. The Morgan fingerprint density at radius 3 is 2.09 bits per heavy atom. The number of fused-ring (bicyclic) bond motifs is 1. The van der Waals surface area contributed by atoms with Gasteiger partial charge < -0.3 is 4.42 Å². The summed E-state index contributed by atoms with van der Waals surface area (Å²) in [5, 5.41) is 4.67. The molecule has 5 nitrogen and oxygen atoms in total. The third kappa shape index (κ3) is 3.77. The molecule has 6 rings (SSSR count). The van der Waals surface area contributed by atoms with Gasteiger partial charge in [-0.15, -0.1) is 18.2 Å². The van der Waals surface area contributed by atoms with Crippen LogP contribution in [0.1, 0.15) is 5.89 Å². The SMILES string of the molecule is Cc1nc2cc[c-]c(-c3ncnn3-c3c(-c4ccccc4)cccc3-c3ccccc3)c2o1.[Ir]. The second-order valence-corrected chi connectivity index (χ2v) is 7.73. The van der Waals surface area contributed by atoms with Gasteiger partial charge in [0, 0.05) is 43.7 Å². The zero-order valence-corrected chi connectivity index (χ0v) is 20.7. The van der Waals surface area contributed by atoms with E-state index in [2.05, 4.69) is 63.6 Å². The van der Waals surface area contributed by atoms with Gasteiger partial charge >= 0.3 is 0 Å². The molecule has 0 aliphatic heterocycles. The number of para-hydroxylation sites is 1. The zero-order chi connectivity index (χ0) is 22.2. The van der Waals surface area contributed by atoms with Gasteiger partial charge in [-0.2, -0.15) is 5.10 Å². The maximum absolute atomic E-state index is 5.92. The molecule has 2 heterocycles. The third-order valence-corrected chi connectivity index (χ3v) is 5.65. The fraction of sp³-hybridized carbons (Fsp3) is 0.0357. The van der Waals surface area contributed by atoms with Crippen molar-refractivity contribution < 1.29 is 24.5 Å². The number of nitrogens with zero attached hydrogens (tertiary/aromatic N) is 4. The number of hydrogen-bond acceptors (Lipinski definition) is 4. The Balaban J connectivity index is 0.00000241. The maximum Gasteiger partial charge on any atom is 0.180 e. The second kappa shape index (κ2) is 9.18. The van der Waals surface area contributed by atoms with Crippen molar-refractivity contribution in [3.63, 3.8) is 0 Å². The van der Waals surface area contributed by atoms with Crippen molar-refractivity contribution in [2.75, 3.05) is 0 Å². The molecule has 1 radical (unpaired) electrons. The van der Waals surface area contributed by atoms with E-state index in [0.717, 1.165) is 39.0 Å². The van der Waals surface area contributed by atoms with Crippen LogP contribution in [0.4, 0.5) is 0 Å². The van der Waals surface area contributed by atoms with Gasteiger partial charge in [-0.25, -0.2) is 4.98 Å². The van der Waals surface area contributed by atoms with E-state index in [1.165, 1.54) is 0 Å². The molecule has 167 valence electrons. The molecule has 0 atom stereocenters. The first-order chi connectivity index (χ1) is 16.3. The van der Waals surface area contributed by atoms with Gasteiger partial charge in [-0.3, -0.25) is 9.67 Å². The molecule has 0 spiro atoms. The summed E-state index contributed by atoms with van der Waals surface area (Å²) in [6.07, 6.45) is 1.57. The van der Waals surface area contributed by atoms with Crippen molar-refractivity contribution in [1.29, 1.82) is 0 Å². The van der Waals surface area contributed by atoms with Crippen molar-refractivity contribution >= 4 is 11.1 Å². The summed E-state index contributed by atoms with van der Waals surface area (Å²) >= 11 is 0. The van der Waals surface area contributed by atoms with Crippen molar-refractivity contribution in [3.05, 3.63) is 109 Å². The molecular formula is C28H19IrN4O-. The van der Waals surface area contributed by atoms with E-state index >= 15 is 0 Å². The number of aromatic nitrogens is 4. The van der Waals surface area contributed by atoms with Gasteiger partial charge in [-0.05, 0) is 11.1 Å². The smallest absolute Gasteiger partial charge is 0.180 e. The Morgan fingerprint density at radius 2 is 1.44 bits per heavy atom. The Hall–Kier alpha value is -3.86. The minimum atomic E-state index is 0. The zero-order valence-electron chi connectivity index (χ0n) is 18.3. The summed E-state index contributed by atoms with van der Waals surface area (Å²) in [4.78, 5) is 9.10. The van der Waals surface area contributed by atoms with Gasteiger partial charge in [0.15, 0.2) is 5.89 Å². The van der Waals surface area contributed by atoms with Crippen LogP contribution in [0.3, 0.4) is 0 Å². The van der Waals surface area contributed by atoms with E-state index in [9.17, 15) is 0 Å². The van der Waals surface area contributed by atoms with Crippen molar-refractivity contribution in [2.24, 2.45) is 0 Å². The third-order valence-electron chi connectivity index (χ3n) is 5.65. The van der Waals surface area contributed by atoms with E-state index in [4.69, 9.17) is 4.42 Å². The van der Waals surface area contributed by atoms with Gasteiger partial charge in [0.1, 0.15) is 6.33 Å². The normalized spacial score (nSPS) is 10.9. The Bertz CT molecular complexity index is 1510. The van der Waals surface area contributed by atoms with Crippen molar-refractivity contribution in [1.82, 2.24) is 19.7 Å². The minimum absolute atomic E-state index is 0. The van der Waals surface area contributed by atoms with E-state index in [1.807, 2.05) is 60.1 Å². The van der Waals surface area contributed by atoms with Crippen LogP contribution in [0.15, 0.2) is 102 Å². The molecule has 0 fully saturated rings. The predicted octanol–water partition coefficient (Wildman–Crippen LogP) is 6.52. The number of aryl methyl sites for hydroxylation is 1. The first-order valence-corrected chi connectivity index (χ1v) is 10.7. The number of rotatable bonds is 4. The molecule has 34 heavy (non-hydrogen) atoms. The minimum Gasteiger partial charge on any atom is -0.488 e. The van der Waals surface area contributed by atoms with E-state index in [0.29, 0.717) is 17.3 Å². The summed E-state index contributed by atoms with van der Waals surface area (Å²) in [6.45, 7) is 1.84. The summed E-state index contributed by atoms with van der Waals surface area (Å²) in [7, 11) is 0. The van der Waals surface area contributed by atoms with Crippen LogP contribution >= 0.6 is 0 Å². The monoisotopic (exact) mass is 620 g/mol. The van der Waals surface area contributed by atoms with Crippen molar-refractivity contribution in [2.45, 2.75) is 6.92 Å². The Kier molecular flexibility index (Phi) is 5.93. The van der Waals surface area contributed by atoms with Crippen molar-refractivity contribution in [3.8, 4) is 39.3 Å². The van der Waals surface area contributed by atoms with Crippen LogP contribution in [-0.2, 0) is 20.1 Å². The number of benzene rings is 4. The van der Waals surface area contributed by atoms with Crippen LogP contribution < -0.4 is 0 Å². The molecule has 0 aliphatic carbocycles. The van der Waals surface area contributed by atoms with E-state index in [-0.39, 0.29) is 20.1 Å². The quantitative estimate of drug-likeness (QED) is 0.211. The van der Waals surface area contributed by atoms with Crippen LogP contribution in [0.5, 0.6) is 0 Å². The summed E-state index contributed by atoms with van der Waals surface area (Å²) in [5.74, 6) is 1.25. The molecule has 6 heteroatoms. The topological polar surface area (TPSA) is 56.7 Å². The van der Waals surface area contributed by atoms with Gasteiger partial charge in [0.2, 0.25) is 0 Å². The maximum atomic E-state index is 5.92. The molecule has 0 saturated heterocycles. The average molecular weight is 620 g/mol. The molecular weight excluding hydrogens is 601 g/mol. The van der Waals surface area contributed by atoms with Gasteiger partial charge in [-0.1, -0.05) is 84.4 Å². The molecule has 6 aromatic rings. The number of oxazole rings is 1. The van der Waals surface area contributed by atoms with E-state index < -0.39 is 0 Å². The second-order valence-electron chi connectivity index (χ2n) is 7.73. The first kappa shape index (κ1) is 22.0. The molecule has 0 bridgehead atoms. The fourth-order valence-corrected chi connectivity index (χ4v) is 4.22. The fourth-order valence-electron chi connectivity index (χ4n) is 4.22. The molecule has 0 saturated carbocycles. The summed E-state index contributed by atoms with van der Waals surface area (Å²) in [6, 6.07) is 34.0. The molecule has 0 N–H and O–H groups in total. The van der Waals surface area contributed by atoms with Gasteiger partial charge in [0.25, 0.3) is 0 Å². The largest absolute Gasteiger partial charge is 0.488 e. The Labute approximate surface area is 210 Å². The number of hydrogen-bond donors (Lipinski definition) is 0. The molecule has 4 aromatic carbocycles. The molecule has 0 unspecified atom stereocenters. The van der Waals surface area contributed by atoms with Crippen LogP contribution in [0, 0.1) is 13.0 Å². The van der Waals surface area contributed by atoms with E-state index in [1.54, 1.807) is 6.33 Å². The first-order valence-electron chi connectivity index (χ1n) is 10.7. The van der Waals surface area contributed by atoms with Crippen LogP contribution in [-0.4, -0.2) is 19.7 Å². The summed E-state index contributed by atoms with van der Waals surface area (Å²) < 4.78 is 7.80. The van der Waals surface area contributed by atoms with Crippen LogP contribution in [0.25, 0.3) is 50.4 Å². The predicted molar refractivity (Wildman–Crippen MR) is 129 cm³/mol. The standard InChI is InChI=1S/C28H19N4O.Ir/c1-19-31-25-17-9-16-24(27(25)33-19)28-29-18-30-32(28)26-22(20-10-4-2-5-11-20)14-8-15-23(26)21-12-6-3-7-13-21;/h2-15,17-18H,1H3;/q-1;. The molecule has 0 aliphatic rings. The van der Waals surface area contributed by atoms with Crippen LogP contribution in [0.2, 0.25) is 0 Å². The molecule has 2 aromatic heterocycles. The average Bonchev–Trinajstić information content (AvgIpc) is 3.50.